The number of hydrogen-bond donors (Lipinski definition) is 2. The number of carboxylic acid groups (broad SMARTS) is 1. The third-order valence-corrected chi connectivity index (χ3v) is 20.5. The lowest BCUT2D eigenvalue weighted by Gasteiger charge is -2.47. The van der Waals surface area contributed by atoms with Gasteiger partial charge in [0.25, 0.3) is 0 Å². The Morgan fingerprint density at radius 3 is 2.02 bits per heavy atom. The van der Waals surface area contributed by atoms with Crippen LogP contribution in [0.25, 0.3) is 6.08 Å². The minimum absolute atomic E-state index is 0.0150. The average molecular weight is 753 g/mol. The number of pyridine rings is 1. The highest BCUT2D eigenvalue weighted by Crippen LogP contribution is 2.44. The topological polar surface area (TPSA) is 106 Å². The highest BCUT2D eigenvalue weighted by molar-refractivity contribution is 6.74. The predicted octanol–water partition coefficient (Wildman–Crippen LogP) is 11.0. The summed E-state index contributed by atoms with van der Waals surface area (Å²) in [6, 6.07) is 5.55. The SMILES string of the molecule is CC[C@@H](C(=O)C(C)(C)[C@H](CC(=O)O)O[Si](C)(C)C(C)(C)C)[C@@H](O[Si](C)(C)C(C)(C)C)[C@@H](C)CCC/C(C)=C\C[C@H](O)/C(Cl)=C\c1ccccn1. The number of carbonyl (C=O) groups excluding carboxylic acids is 1. The Labute approximate surface area is 311 Å². The zero-order valence-corrected chi connectivity index (χ0v) is 36.7. The molecule has 10 heteroatoms. The van der Waals surface area contributed by atoms with Crippen LogP contribution in [0.5, 0.6) is 0 Å². The largest absolute Gasteiger partial charge is 0.481 e. The van der Waals surface area contributed by atoms with E-state index in [2.05, 4.69) is 86.6 Å². The molecular weight excluding hydrogens is 682 g/mol. The van der Waals surface area contributed by atoms with Crippen LogP contribution in [0, 0.1) is 17.3 Å². The van der Waals surface area contributed by atoms with Crippen LogP contribution in [0.2, 0.25) is 36.3 Å². The highest BCUT2D eigenvalue weighted by atomic mass is 35.5. The normalized spacial score (nSPS) is 17.2. The van der Waals surface area contributed by atoms with E-state index >= 15 is 0 Å². The molecule has 1 aromatic heterocycles. The molecule has 0 aliphatic carbocycles. The first-order chi connectivity index (χ1) is 22.7. The van der Waals surface area contributed by atoms with E-state index in [-0.39, 0.29) is 34.3 Å². The number of carbonyl (C=O) groups is 2. The van der Waals surface area contributed by atoms with Crippen LogP contribution in [-0.2, 0) is 18.4 Å². The van der Waals surface area contributed by atoms with E-state index in [1.165, 1.54) is 5.57 Å². The van der Waals surface area contributed by atoms with Gasteiger partial charge in [0.1, 0.15) is 5.78 Å². The third-order valence-electron chi connectivity index (χ3n) is 11.2. The van der Waals surface area contributed by atoms with Gasteiger partial charge < -0.3 is 19.1 Å². The lowest BCUT2D eigenvalue weighted by molar-refractivity contribution is -0.147. The number of aliphatic hydroxyl groups excluding tert-OH is 1. The first-order valence-electron chi connectivity index (χ1n) is 18.4. The first-order valence-corrected chi connectivity index (χ1v) is 24.6. The summed E-state index contributed by atoms with van der Waals surface area (Å²) in [6.07, 6.45) is 6.94. The van der Waals surface area contributed by atoms with E-state index in [9.17, 15) is 19.8 Å². The van der Waals surface area contributed by atoms with E-state index in [4.69, 9.17) is 20.5 Å². The second-order valence-electron chi connectivity index (χ2n) is 17.9. The molecule has 0 aliphatic rings. The summed E-state index contributed by atoms with van der Waals surface area (Å²) in [7, 11) is -4.68. The molecule has 0 saturated heterocycles. The molecule has 0 aliphatic heterocycles. The van der Waals surface area contributed by atoms with Crippen molar-refractivity contribution < 1.29 is 28.7 Å². The molecule has 0 amide bonds. The minimum atomic E-state index is -2.39. The first kappa shape index (κ1) is 46.4. The summed E-state index contributed by atoms with van der Waals surface area (Å²) in [6.45, 7) is 31.7. The molecule has 1 aromatic rings. The van der Waals surface area contributed by atoms with Crippen LogP contribution in [0.1, 0.15) is 120 Å². The highest BCUT2D eigenvalue weighted by Gasteiger charge is 2.50. The molecule has 5 atom stereocenters. The Morgan fingerprint density at radius 2 is 1.54 bits per heavy atom. The fourth-order valence-electron chi connectivity index (χ4n) is 5.54. The van der Waals surface area contributed by atoms with E-state index in [1.807, 2.05) is 45.0 Å². The van der Waals surface area contributed by atoms with Crippen molar-refractivity contribution in [3.8, 4) is 0 Å². The Morgan fingerprint density at radius 1 is 0.980 bits per heavy atom. The van der Waals surface area contributed by atoms with Crippen LogP contribution >= 0.6 is 11.6 Å². The van der Waals surface area contributed by atoms with Crippen LogP contribution in [0.4, 0.5) is 0 Å². The summed E-state index contributed by atoms with van der Waals surface area (Å²) in [5, 5.41) is 20.7. The van der Waals surface area contributed by atoms with Gasteiger partial charge in [-0.25, -0.2) is 0 Å². The van der Waals surface area contributed by atoms with Crippen LogP contribution in [0.15, 0.2) is 41.1 Å². The maximum Gasteiger partial charge on any atom is 0.305 e. The van der Waals surface area contributed by atoms with Gasteiger partial charge >= 0.3 is 5.97 Å². The summed E-state index contributed by atoms with van der Waals surface area (Å²) in [5.41, 5.74) is 0.841. The number of allylic oxidation sites excluding steroid dienone is 1. The van der Waals surface area contributed by atoms with Crippen molar-refractivity contribution in [3.63, 3.8) is 0 Å². The second kappa shape index (κ2) is 18.9. The van der Waals surface area contributed by atoms with Crippen molar-refractivity contribution >= 4 is 46.1 Å². The van der Waals surface area contributed by atoms with Gasteiger partial charge in [0.2, 0.25) is 0 Å². The van der Waals surface area contributed by atoms with Gasteiger partial charge in [0, 0.05) is 22.6 Å². The minimum Gasteiger partial charge on any atom is -0.481 e. The molecule has 0 saturated carbocycles. The van der Waals surface area contributed by atoms with E-state index < -0.39 is 46.1 Å². The number of hydrogen-bond acceptors (Lipinski definition) is 6. The van der Waals surface area contributed by atoms with Gasteiger partial charge in [0.15, 0.2) is 16.6 Å². The molecule has 1 heterocycles. The summed E-state index contributed by atoms with van der Waals surface area (Å²) >= 11 is 6.38. The van der Waals surface area contributed by atoms with Gasteiger partial charge in [-0.05, 0) is 99.4 Å². The standard InChI is InChI=1S/C40H70ClNO6Si2/c1-16-31(37(46)40(10,11)34(27-35(44)45)47-49(12,13)38(4,5)6)36(48-50(14,15)39(7,8)9)29(3)21-19-20-28(2)23-24-33(43)32(41)26-30-22-17-18-25-42-30/h17-18,22-23,25-26,29,31,33-34,36,43H,16,19-21,24,27H2,1-15H3,(H,44,45)/b28-23-,32-26+/t29-,31+,33-,34-,36-/m0/s1. The number of rotatable bonds is 20. The lowest BCUT2D eigenvalue weighted by Crippen LogP contribution is -2.54. The number of nitrogens with zero attached hydrogens (tertiary/aromatic N) is 1. The summed E-state index contributed by atoms with van der Waals surface area (Å²) in [4.78, 5) is 31.1. The molecule has 50 heavy (non-hydrogen) atoms. The smallest absolute Gasteiger partial charge is 0.305 e. The van der Waals surface area contributed by atoms with Gasteiger partial charge in [-0.1, -0.05) is 98.6 Å². The maximum atomic E-state index is 14.8. The van der Waals surface area contributed by atoms with Crippen LogP contribution < -0.4 is 0 Å². The Hall–Kier alpha value is -1.63. The zero-order valence-electron chi connectivity index (χ0n) is 33.9. The molecular formula is C40H70ClNO6Si2. The van der Waals surface area contributed by atoms with Crippen molar-refractivity contribution in [2.24, 2.45) is 17.3 Å². The Bertz CT molecular complexity index is 1300. The van der Waals surface area contributed by atoms with E-state index in [0.29, 0.717) is 23.6 Å². The lowest BCUT2D eigenvalue weighted by atomic mass is 9.71. The molecule has 0 spiro atoms. The number of halogens is 1. The molecule has 286 valence electrons. The number of carboxylic acids is 1. The van der Waals surface area contributed by atoms with Crippen molar-refractivity contribution in [2.45, 2.75) is 169 Å². The quantitative estimate of drug-likeness (QED) is 0.101. The van der Waals surface area contributed by atoms with Gasteiger partial charge in [-0.2, -0.15) is 0 Å². The molecule has 0 fully saturated rings. The number of aliphatic carboxylic acids is 1. The van der Waals surface area contributed by atoms with Crippen molar-refractivity contribution in [1.29, 1.82) is 0 Å². The number of Topliss-reactive ketones (excluding diaryl/α,β-unsaturated/α-hetero) is 1. The molecule has 2 N–H and O–H groups in total. The monoisotopic (exact) mass is 751 g/mol. The molecule has 0 unspecified atom stereocenters. The van der Waals surface area contributed by atoms with E-state index in [1.54, 1.807) is 12.3 Å². The maximum absolute atomic E-state index is 14.8. The number of ketones is 1. The van der Waals surface area contributed by atoms with Gasteiger partial charge in [-0.15, -0.1) is 0 Å². The zero-order chi connectivity index (χ0) is 38.9. The van der Waals surface area contributed by atoms with Crippen molar-refractivity contribution in [2.75, 3.05) is 0 Å². The van der Waals surface area contributed by atoms with Crippen LogP contribution in [0.3, 0.4) is 0 Å². The van der Waals surface area contributed by atoms with Gasteiger partial charge in [-0.3, -0.25) is 14.6 Å². The van der Waals surface area contributed by atoms with Crippen molar-refractivity contribution in [1.82, 2.24) is 4.98 Å². The van der Waals surface area contributed by atoms with Crippen molar-refractivity contribution in [3.05, 3.63) is 46.8 Å². The molecule has 7 nitrogen and oxygen atoms in total. The van der Waals surface area contributed by atoms with Gasteiger partial charge in [0.05, 0.1) is 30.4 Å². The predicted molar refractivity (Wildman–Crippen MR) is 214 cm³/mol. The molecule has 0 bridgehead atoms. The van der Waals surface area contributed by atoms with Crippen LogP contribution in [-0.4, -0.2) is 61.9 Å². The fraction of sp³-hybridized carbons (Fsp3) is 0.725. The fourth-order valence-corrected chi connectivity index (χ4v) is 8.62. The molecule has 0 aromatic carbocycles. The van der Waals surface area contributed by atoms with E-state index in [0.717, 1.165) is 19.3 Å². The third kappa shape index (κ3) is 13.7. The molecule has 1 rings (SSSR count). The summed E-state index contributed by atoms with van der Waals surface area (Å²) in [5.74, 6) is -1.27. The number of aromatic nitrogens is 1. The second-order valence-corrected chi connectivity index (χ2v) is 27.8. The molecule has 0 radical (unpaired) electrons. The number of aliphatic hydroxyl groups is 1. The summed E-state index contributed by atoms with van der Waals surface area (Å²) < 4.78 is 13.9. The Kier molecular flexibility index (Phi) is 17.6. The Balaban J connectivity index is 3.28. The average Bonchev–Trinajstić information content (AvgIpc) is 2.98.